The zero-order valence-corrected chi connectivity index (χ0v) is 14.2. The summed E-state index contributed by atoms with van der Waals surface area (Å²) in [6, 6.07) is 3.26. The predicted octanol–water partition coefficient (Wildman–Crippen LogP) is 2.34. The molecule has 2 rings (SSSR count). The van der Waals surface area contributed by atoms with E-state index in [4.69, 9.17) is 4.42 Å². The van der Waals surface area contributed by atoms with Gasteiger partial charge in [0, 0.05) is 11.3 Å². The summed E-state index contributed by atoms with van der Waals surface area (Å²) in [6.45, 7) is 3.36. The van der Waals surface area contributed by atoms with Crippen LogP contribution in [0.4, 0.5) is 0 Å². The fourth-order valence-corrected chi connectivity index (χ4v) is 4.65. The summed E-state index contributed by atoms with van der Waals surface area (Å²) in [5.74, 6) is 0.642. The van der Waals surface area contributed by atoms with E-state index >= 15 is 0 Å². The van der Waals surface area contributed by atoms with Gasteiger partial charge in [-0.05, 0) is 44.2 Å². The molecule has 0 aliphatic heterocycles. The quantitative estimate of drug-likeness (QED) is 0.802. The minimum atomic E-state index is -3.55. The second kappa shape index (κ2) is 7.67. The molecule has 1 aliphatic rings. The summed E-state index contributed by atoms with van der Waals surface area (Å²) in [6.07, 6.45) is 6.13. The van der Waals surface area contributed by atoms with Crippen molar-refractivity contribution in [2.24, 2.45) is 0 Å². The van der Waals surface area contributed by atoms with Crippen LogP contribution < -0.4 is 10.0 Å². The fourth-order valence-electron chi connectivity index (χ4n) is 2.59. The van der Waals surface area contributed by atoms with Gasteiger partial charge in [0.05, 0.1) is 6.54 Å². The minimum absolute atomic E-state index is 0.0154. The first-order valence-electron chi connectivity index (χ1n) is 7.39. The molecule has 1 aromatic rings. The van der Waals surface area contributed by atoms with E-state index in [0.29, 0.717) is 17.6 Å². The van der Waals surface area contributed by atoms with Crippen LogP contribution in [0, 0.1) is 0 Å². The molecule has 5 nitrogen and oxygen atoms in total. The van der Waals surface area contributed by atoms with Crippen LogP contribution in [0.1, 0.15) is 38.4 Å². The number of rotatable bonds is 7. The van der Waals surface area contributed by atoms with Crippen molar-refractivity contribution in [1.82, 2.24) is 10.0 Å². The second-order valence-electron chi connectivity index (χ2n) is 5.34. The molecule has 21 heavy (non-hydrogen) atoms. The van der Waals surface area contributed by atoms with Crippen LogP contribution >= 0.6 is 11.8 Å². The zero-order chi connectivity index (χ0) is 15.3. The summed E-state index contributed by atoms with van der Waals surface area (Å²) in [5, 5.41) is 3.68. The molecule has 2 atom stereocenters. The lowest BCUT2D eigenvalue weighted by Gasteiger charge is -2.28. The number of thioether (sulfide) groups is 1. The SMILES string of the molecule is CCNCc1ccc(S(=O)(=O)NC2CCCC(SC)C2)o1. The van der Waals surface area contributed by atoms with Crippen molar-refractivity contribution < 1.29 is 12.8 Å². The van der Waals surface area contributed by atoms with Gasteiger partial charge in [-0.1, -0.05) is 13.3 Å². The maximum Gasteiger partial charge on any atom is 0.274 e. The summed E-state index contributed by atoms with van der Waals surface area (Å²) < 4.78 is 32.9. The molecule has 2 unspecified atom stereocenters. The van der Waals surface area contributed by atoms with Crippen molar-refractivity contribution in [2.45, 2.75) is 55.5 Å². The Labute approximate surface area is 131 Å². The molecule has 1 aromatic heterocycles. The largest absolute Gasteiger partial charge is 0.447 e. The van der Waals surface area contributed by atoms with Gasteiger partial charge in [-0.25, -0.2) is 13.1 Å². The van der Waals surface area contributed by atoms with E-state index in [1.54, 1.807) is 6.07 Å². The minimum Gasteiger partial charge on any atom is -0.447 e. The van der Waals surface area contributed by atoms with Crippen LogP contribution in [0.2, 0.25) is 0 Å². The highest BCUT2D eigenvalue weighted by molar-refractivity contribution is 7.99. The monoisotopic (exact) mass is 332 g/mol. The Morgan fingerprint density at radius 1 is 1.38 bits per heavy atom. The van der Waals surface area contributed by atoms with Crippen LogP contribution in [-0.4, -0.2) is 32.5 Å². The third kappa shape index (κ3) is 4.74. The Kier molecular flexibility index (Phi) is 6.16. The van der Waals surface area contributed by atoms with Crippen molar-refractivity contribution in [3.05, 3.63) is 17.9 Å². The summed E-state index contributed by atoms with van der Waals surface area (Å²) in [7, 11) is -3.55. The van der Waals surface area contributed by atoms with Crippen LogP contribution in [-0.2, 0) is 16.6 Å². The standard InChI is InChI=1S/C14H24N2O3S2/c1-3-15-10-12-7-8-14(19-12)21(17,18)16-11-5-4-6-13(9-11)20-2/h7-8,11,13,15-16H,3-6,9-10H2,1-2H3. The second-order valence-corrected chi connectivity index (χ2v) is 8.13. The van der Waals surface area contributed by atoms with E-state index in [0.717, 1.165) is 25.8 Å². The van der Waals surface area contributed by atoms with E-state index in [2.05, 4.69) is 16.3 Å². The zero-order valence-electron chi connectivity index (χ0n) is 12.6. The van der Waals surface area contributed by atoms with Crippen molar-refractivity contribution >= 4 is 21.8 Å². The lowest BCUT2D eigenvalue weighted by molar-refractivity contribution is 0.387. The van der Waals surface area contributed by atoms with E-state index < -0.39 is 10.0 Å². The van der Waals surface area contributed by atoms with Crippen molar-refractivity contribution in [3.8, 4) is 0 Å². The Balaban J connectivity index is 1.99. The van der Waals surface area contributed by atoms with E-state index in [9.17, 15) is 8.42 Å². The molecule has 0 bridgehead atoms. The van der Waals surface area contributed by atoms with Gasteiger partial charge in [0.2, 0.25) is 5.09 Å². The summed E-state index contributed by atoms with van der Waals surface area (Å²) in [4.78, 5) is 0. The maximum absolute atomic E-state index is 12.4. The molecule has 0 saturated heterocycles. The molecule has 1 fully saturated rings. The third-order valence-electron chi connectivity index (χ3n) is 3.73. The van der Waals surface area contributed by atoms with Gasteiger partial charge in [0.25, 0.3) is 10.0 Å². The molecule has 0 radical (unpaired) electrons. The van der Waals surface area contributed by atoms with E-state index in [1.165, 1.54) is 12.5 Å². The third-order valence-corrected chi connectivity index (χ3v) is 6.22. The molecule has 1 heterocycles. The van der Waals surface area contributed by atoms with E-state index in [1.807, 2.05) is 18.7 Å². The molecule has 2 N–H and O–H groups in total. The predicted molar refractivity (Wildman–Crippen MR) is 86.0 cm³/mol. The average Bonchev–Trinajstić information content (AvgIpc) is 2.94. The molecule has 0 spiro atoms. The highest BCUT2D eigenvalue weighted by Crippen LogP contribution is 2.28. The van der Waals surface area contributed by atoms with Crippen LogP contribution in [0.15, 0.2) is 21.6 Å². The molecule has 1 aliphatic carbocycles. The van der Waals surface area contributed by atoms with Crippen LogP contribution in [0.3, 0.4) is 0 Å². The molecular weight excluding hydrogens is 308 g/mol. The maximum atomic E-state index is 12.4. The van der Waals surface area contributed by atoms with Gasteiger partial charge in [-0.15, -0.1) is 0 Å². The summed E-state index contributed by atoms with van der Waals surface area (Å²) >= 11 is 1.82. The number of hydrogen-bond acceptors (Lipinski definition) is 5. The summed E-state index contributed by atoms with van der Waals surface area (Å²) in [5.41, 5.74) is 0. The number of hydrogen-bond donors (Lipinski definition) is 2. The first-order chi connectivity index (χ1) is 10.0. The van der Waals surface area contributed by atoms with Gasteiger partial charge in [0.1, 0.15) is 5.76 Å². The molecular formula is C14H24N2O3S2. The van der Waals surface area contributed by atoms with Crippen molar-refractivity contribution in [1.29, 1.82) is 0 Å². The number of furan rings is 1. The highest BCUT2D eigenvalue weighted by Gasteiger charge is 2.27. The Morgan fingerprint density at radius 3 is 2.90 bits per heavy atom. The molecule has 120 valence electrons. The molecule has 0 amide bonds. The Morgan fingerprint density at radius 2 is 2.19 bits per heavy atom. The Hall–Kier alpha value is -0.500. The lowest BCUT2D eigenvalue weighted by Crippen LogP contribution is -2.38. The normalized spacial score (nSPS) is 23.3. The number of nitrogens with one attached hydrogen (secondary N) is 2. The van der Waals surface area contributed by atoms with Crippen molar-refractivity contribution in [3.63, 3.8) is 0 Å². The molecule has 0 aromatic carbocycles. The van der Waals surface area contributed by atoms with E-state index in [-0.39, 0.29) is 11.1 Å². The number of sulfonamides is 1. The van der Waals surface area contributed by atoms with Gasteiger partial charge >= 0.3 is 0 Å². The van der Waals surface area contributed by atoms with Crippen LogP contribution in [0.25, 0.3) is 0 Å². The van der Waals surface area contributed by atoms with Gasteiger partial charge in [0.15, 0.2) is 0 Å². The van der Waals surface area contributed by atoms with Crippen molar-refractivity contribution in [2.75, 3.05) is 12.8 Å². The highest BCUT2D eigenvalue weighted by atomic mass is 32.2. The average molecular weight is 332 g/mol. The first kappa shape index (κ1) is 16.9. The molecule has 7 heteroatoms. The topological polar surface area (TPSA) is 71.3 Å². The smallest absolute Gasteiger partial charge is 0.274 e. The van der Waals surface area contributed by atoms with Gasteiger partial charge in [-0.3, -0.25) is 0 Å². The van der Waals surface area contributed by atoms with Gasteiger partial charge < -0.3 is 9.73 Å². The first-order valence-corrected chi connectivity index (χ1v) is 10.2. The Bertz CT molecular complexity index is 542. The van der Waals surface area contributed by atoms with Gasteiger partial charge in [-0.2, -0.15) is 11.8 Å². The van der Waals surface area contributed by atoms with Crippen LogP contribution in [0.5, 0.6) is 0 Å². The molecule has 1 saturated carbocycles. The fraction of sp³-hybridized carbons (Fsp3) is 0.714. The lowest BCUT2D eigenvalue weighted by atomic mass is 9.96.